The van der Waals surface area contributed by atoms with Gasteiger partial charge in [-0.3, -0.25) is 4.79 Å². The molecule has 1 unspecified atom stereocenters. The molecule has 0 saturated carbocycles. The molecular weight excluding hydrogens is 248 g/mol. The van der Waals surface area contributed by atoms with E-state index in [4.69, 9.17) is 4.74 Å². The predicted octanol–water partition coefficient (Wildman–Crippen LogP) is 3.74. The van der Waals surface area contributed by atoms with Crippen LogP contribution in [0.3, 0.4) is 0 Å². The Morgan fingerprint density at radius 3 is 2.75 bits per heavy atom. The second kappa shape index (κ2) is 5.12. The fraction of sp³-hybridized carbons (Fsp3) is 0.278. The van der Waals surface area contributed by atoms with Gasteiger partial charge >= 0.3 is 0 Å². The van der Waals surface area contributed by atoms with E-state index in [1.807, 2.05) is 56.3 Å². The summed E-state index contributed by atoms with van der Waals surface area (Å²) in [5.74, 6) is 1.03. The molecule has 0 spiro atoms. The largest absolute Gasteiger partial charge is 0.493 e. The van der Waals surface area contributed by atoms with Crippen LogP contribution in [-0.2, 0) is 6.42 Å². The number of hydrogen-bond acceptors (Lipinski definition) is 2. The first kappa shape index (κ1) is 12.9. The summed E-state index contributed by atoms with van der Waals surface area (Å²) in [4.78, 5) is 12.7. The highest BCUT2D eigenvalue weighted by molar-refractivity contribution is 5.99. The van der Waals surface area contributed by atoms with Crippen molar-refractivity contribution in [2.75, 3.05) is 6.61 Å². The van der Waals surface area contributed by atoms with Gasteiger partial charge < -0.3 is 4.74 Å². The van der Waals surface area contributed by atoms with Crippen LogP contribution in [0.25, 0.3) is 0 Å². The molecule has 0 radical (unpaired) electrons. The highest BCUT2D eigenvalue weighted by Gasteiger charge is 2.27. The van der Waals surface area contributed by atoms with Crippen LogP contribution in [0.5, 0.6) is 5.75 Å². The van der Waals surface area contributed by atoms with Gasteiger partial charge in [-0.15, -0.1) is 0 Å². The average molecular weight is 266 g/mol. The minimum absolute atomic E-state index is 0.0783. The van der Waals surface area contributed by atoms with Gasteiger partial charge in [-0.05, 0) is 43.0 Å². The van der Waals surface area contributed by atoms with Gasteiger partial charge in [0.05, 0.1) is 12.5 Å². The molecule has 20 heavy (non-hydrogen) atoms. The summed E-state index contributed by atoms with van der Waals surface area (Å²) in [6.07, 6.45) is 0.766. The van der Waals surface area contributed by atoms with E-state index in [-0.39, 0.29) is 11.7 Å². The molecule has 1 heterocycles. The van der Waals surface area contributed by atoms with E-state index < -0.39 is 0 Å². The van der Waals surface area contributed by atoms with Crippen LogP contribution in [0.2, 0.25) is 0 Å². The number of fused-ring (bicyclic) bond motifs is 1. The average Bonchev–Trinajstić information content (AvgIpc) is 2.49. The normalized spacial score (nSPS) is 17.2. The van der Waals surface area contributed by atoms with Crippen molar-refractivity contribution in [1.29, 1.82) is 0 Å². The van der Waals surface area contributed by atoms with Gasteiger partial charge in [0.2, 0.25) is 0 Å². The zero-order valence-electron chi connectivity index (χ0n) is 11.8. The van der Waals surface area contributed by atoms with Crippen LogP contribution in [0, 0.1) is 19.8 Å². The zero-order chi connectivity index (χ0) is 14.1. The fourth-order valence-corrected chi connectivity index (χ4v) is 2.73. The summed E-state index contributed by atoms with van der Waals surface area (Å²) < 4.78 is 5.73. The molecule has 0 fully saturated rings. The lowest BCUT2D eigenvalue weighted by Gasteiger charge is -2.25. The first-order valence-electron chi connectivity index (χ1n) is 6.98. The smallest absolute Gasteiger partial charge is 0.169 e. The third-order valence-electron chi connectivity index (χ3n) is 4.12. The Bertz CT molecular complexity index is 658. The Labute approximate surface area is 119 Å². The molecule has 3 rings (SSSR count). The summed E-state index contributed by atoms with van der Waals surface area (Å²) in [5, 5.41) is 0. The minimum Gasteiger partial charge on any atom is -0.493 e. The molecule has 1 atom stereocenters. The lowest BCUT2D eigenvalue weighted by Crippen LogP contribution is -2.28. The quantitative estimate of drug-likeness (QED) is 0.774. The molecule has 2 heteroatoms. The van der Waals surface area contributed by atoms with Crippen molar-refractivity contribution >= 4 is 5.78 Å². The first-order chi connectivity index (χ1) is 9.66. The second-order valence-electron chi connectivity index (χ2n) is 5.43. The Balaban J connectivity index is 1.88. The standard InChI is InChI=1S/C18H18O2/c1-12-6-5-8-16(13(12)2)18(19)15-10-14-7-3-4-9-17(14)20-11-15/h3-9,15H,10-11H2,1-2H3. The maximum absolute atomic E-state index is 12.7. The van der Waals surface area contributed by atoms with Gasteiger partial charge in [0.15, 0.2) is 5.78 Å². The van der Waals surface area contributed by atoms with Gasteiger partial charge in [0.1, 0.15) is 5.75 Å². The highest BCUT2D eigenvalue weighted by atomic mass is 16.5. The number of aryl methyl sites for hydroxylation is 1. The van der Waals surface area contributed by atoms with Gasteiger partial charge in [0, 0.05) is 5.56 Å². The molecule has 2 nitrogen and oxygen atoms in total. The number of ketones is 1. The van der Waals surface area contributed by atoms with E-state index in [9.17, 15) is 4.79 Å². The lowest BCUT2D eigenvalue weighted by molar-refractivity contribution is 0.0854. The van der Waals surface area contributed by atoms with Crippen molar-refractivity contribution in [3.8, 4) is 5.75 Å². The molecule has 0 bridgehead atoms. The number of carbonyl (C=O) groups is 1. The number of carbonyl (C=O) groups excluding carboxylic acids is 1. The predicted molar refractivity (Wildman–Crippen MR) is 79.4 cm³/mol. The number of hydrogen-bond donors (Lipinski definition) is 0. The summed E-state index contributed by atoms with van der Waals surface area (Å²) >= 11 is 0. The number of Topliss-reactive ketones (excluding diaryl/α,β-unsaturated/α-hetero) is 1. The first-order valence-corrected chi connectivity index (χ1v) is 6.98. The van der Waals surface area contributed by atoms with Gasteiger partial charge in [-0.1, -0.05) is 36.4 Å². The molecule has 102 valence electrons. The second-order valence-corrected chi connectivity index (χ2v) is 5.43. The maximum Gasteiger partial charge on any atom is 0.169 e. The van der Waals surface area contributed by atoms with E-state index in [1.165, 1.54) is 0 Å². The lowest BCUT2D eigenvalue weighted by atomic mass is 9.87. The summed E-state index contributed by atoms with van der Waals surface area (Å²) in [7, 11) is 0. The third kappa shape index (κ3) is 2.22. The minimum atomic E-state index is -0.0783. The van der Waals surface area contributed by atoms with Crippen LogP contribution in [0.15, 0.2) is 42.5 Å². The Hall–Kier alpha value is -2.09. The molecule has 0 saturated heterocycles. The number of ether oxygens (including phenoxy) is 1. The zero-order valence-corrected chi connectivity index (χ0v) is 11.8. The molecule has 1 aliphatic heterocycles. The fourth-order valence-electron chi connectivity index (χ4n) is 2.73. The van der Waals surface area contributed by atoms with Crippen molar-refractivity contribution in [3.63, 3.8) is 0 Å². The van der Waals surface area contributed by atoms with Gasteiger partial charge in [-0.2, -0.15) is 0 Å². The number of rotatable bonds is 2. The molecule has 0 aromatic heterocycles. The van der Waals surface area contributed by atoms with Crippen molar-refractivity contribution in [2.24, 2.45) is 5.92 Å². The van der Waals surface area contributed by atoms with Crippen molar-refractivity contribution in [1.82, 2.24) is 0 Å². The Morgan fingerprint density at radius 2 is 1.90 bits per heavy atom. The van der Waals surface area contributed by atoms with Gasteiger partial charge in [0.25, 0.3) is 0 Å². The van der Waals surface area contributed by atoms with E-state index in [2.05, 4.69) is 0 Å². The summed E-state index contributed by atoms with van der Waals surface area (Å²) in [5.41, 5.74) is 4.20. The summed E-state index contributed by atoms with van der Waals surface area (Å²) in [6, 6.07) is 13.9. The topological polar surface area (TPSA) is 26.3 Å². The summed E-state index contributed by atoms with van der Waals surface area (Å²) in [6.45, 7) is 4.53. The SMILES string of the molecule is Cc1cccc(C(=O)C2COc3ccccc3C2)c1C. The molecule has 1 aliphatic rings. The van der Waals surface area contributed by atoms with Gasteiger partial charge in [-0.25, -0.2) is 0 Å². The van der Waals surface area contributed by atoms with Crippen LogP contribution in [-0.4, -0.2) is 12.4 Å². The van der Waals surface area contributed by atoms with Crippen LogP contribution in [0.4, 0.5) is 0 Å². The number of para-hydroxylation sites is 1. The third-order valence-corrected chi connectivity index (χ3v) is 4.12. The number of benzene rings is 2. The molecule has 0 aliphatic carbocycles. The van der Waals surface area contributed by atoms with Crippen molar-refractivity contribution in [3.05, 3.63) is 64.7 Å². The highest BCUT2D eigenvalue weighted by Crippen LogP contribution is 2.29. The maximum atomic E-state index is 12.7. The van der Waals surface area contributed by atoms with E-state index in [0.29, 0.717) is 6.61 Å². The van der Waals surface area contributed by atoms with E-state index >= 15 is 0 Å². The molecule has 2 aromatic rings. The Kier molecular flexibility index (Phi) is 3.31. The van der Waals surface area contributed by atoms with E-state index in [1.54, 1.807) is 0 Å². The molecule has 0 amide bonds. The molecular formula is C18H18O2. The molecule has 2 aromatic carbocycles. The van der Waals surface area contributed by atoms with Crippen LogP contribution in [0.1, 0.15) is 27.0 Å². The van der Waals surface area contributed by atoms with Crippen LogP contribution < -0.4 is 4.74 Å². The van der Waals surface area contributed by atoms with E-state index in [0.717, 1.165) is 34.4 Å². The molecule has 0 N–H and O–H groups in total. The van der Waals surface area contributed by atoms with Crippen LogP contribution >= 0.6 is 0 Å². The van der Waals surface area contributed by atoms with Crippen molar-refractivity contribution < 1.29 is 9.53 Å². The Morgan fingerprint density at radius 1 is 1.10 bits per heavy atom. The monoisotopic (exact) mass is 266 g/mol. The van der Waals surface area contributed by atoms with Crippen molar-refractivity contribution in [2.45, 2.75) is 20.3 Å².